The van der Waals surface area contributed by atoms with Crippen LogP contribution in [0, 0.1) is 11.8 Å². The Bertz CT molecular complexity index is 1580. The van der Waals surface area contributed by atoms with E-state index in [1.54, 1.807) is 6.20 Å². The first-order valence-electron chi connectivity index (χ1n) is 13.4. The largest absolute Gasteiger partial charge is 0.453 e. The smallest absolute Gasteiger partial charge is 0.417 e. The fraction of sp³-hybridized carbons (Fsp3) is 0.407. The monoisotopic (exact) mass is 617 g/mol. The predicted octanol–water partition coefficient (Wildman–Crippen LogP) is 1.17. The van der Waals surface area contributed by atoms with Crippen molar-refractivity contribution in [1.29, 1.82) is 0 Å². The van der Waals surface area contributed by atoms with Crippen LogP contribution in [0.4, 0.5) is 29.6 Å². The number of aromatic nitrogens is 4. The summed E-state index contributed by atoms with van der Waals surface area (Å²) < 4.78 is 53.8. The highest BCUT2D eigenvalue weighted by molar-refractivity contribution is 5.95. The minimum absolute atomic E-state index is 0.195. The Balaban J connectivity index is 1.55. The van der Waals surface area contributed by atoms with Crippen LogP contribution in [0.2, 0.25) is 0 Å². The van der Waals surface area contributed by atoms with Gasteiger partial charge in [-0.25, -0.2) is 19.3 Å². The van der Waals surface area contributed by atoms with Gasteiger partial charge < -0.3 is 30.3 Å². The summed E-state index contributed by atoms with van der Waals surface area (Å²) in [5, 5.41) is 14.7. The summed E-state index contributed by atoms with van der Waals surface area (Å²) in [4.78, 5) is 45.1. The Morgan fingerprint density at radius 1 is 1.14 bits per heavy atom. The lowest BCUT2D eigenvalue weighted by Crippen LogP contribution is -2.39. The zero-order chi connectivity index (χ0) is 31.7. The van der Waals surface area contributed by atoms with Crippen LogP contribution in [-0.2, 0) is 31.8 Å². The molecule has 4 rings (SSSR count). The topological polar surface area (TPSA) is 164 Å². The van der Waals surface area contributed by atoms with Crippen LogP contribution in [0.5, 0.6) is 0 Å². The Kier molecular flexibility index (Phi) is 10.5. The third-order valence-electron chi connectivity index (χ3n) is 6.28. The molecule has 3 aromatic rings. The normalized spacial score (nSPS) is 13.2. The zero-order valence-electron chi connectivity index (χ0n) is 23.9. The van der Waals surface area contributed by atoms with Gasteiger partial charge in [0, 0.05) is 45.1 Å². The van der Waals surface area contributed by atoms with Gasteiger partial charge in [-0.05, 0) is 30.5 Å². The van der Waals surface area contributed by atoms with Crippen molar-refractivity contribution in [2.75, 3.05) is 63.3 Å². The lowest BCUT2D eigenvalue weighted by molar-refractivity contribution is -0.137. The minimum atomic E-state index is -4.81. The summed E-state index contributed by atoms with van der Waals surface area (Å²) in [5.74, 6) is 3.69. The molecule has 0 saturated carbocycles. The summed E-state index contributed by atoms with van der Waals surface area (Å²) in [5.41, 5.74) is -0.0989. The molecule has 3 amide bonds. The van der Waals surface area contributed by atoms with Crippen LogP contribution in [-0.4, -0.2) is 90.5 Å². The number of hydrogen-bond acceptors (Lipinski definition) is 10. The number of fused-ring (bicyclic) bond motifs is 1. The van der Waals surface area contributed by atoms with Crippen molar-refractivity contribution >= 4 is 35.1 Å². The van der Waals surface area contributed by atoms with Crippen LogP contribution in [0.25, 0.3) is 16.9 Å². The number of amides is 3. The molecule has 0 bridgehead atoms. The molecule has 0 unspecified atom stereocenters. The number of nitrogens with zero attached hydrogens (tertiary/aromatic N) is 5. The molecule has 1 aliphatic rings. The van der Waals surface area contributed by atoms with Gasteiger partial charge in [0.05, 0.1) is 38.0 Å². The van der Waals surface area contributed by atoms with Crippen molar-refractivity contribution in [2.45, 2.75) is 19.6 Å². The molecule has 17 heteroatoms. The van der Waals surface area contributed by atoms with Crippen molar-refractivity contribution in [2.24, 2.45) is 0 Å². The Morgan fingerprint density at radius 2 is 1.91 bits per heavy atom. The number of rotatable bonds is 10. The molecule has 0 aromatic carbocycles. The van der Waals surface area contributed by atoms with E-state index in [9.17, 15) is 27.6 Å². The van der Waals surface area contributed by atoms with Gasteiger partial charge in [0.2, 0.25) is 5.91 Å². The Morgan fingerprint density at radius 3 is 2.61 bits per heavy atom. The zero-order valence-corrected chi connectivity index (χ0v) is 23.9. The van der Waals surface area contributed by atoms with Gasteiger partial charge in [-0.3, -0.25) is 14.9 Å². The molecule has 4 N–H and O–H groups in total. The van der Waals surface area contributed by atoms with Crippen LogP contribution in [0.1, 0.15) is 18.1 Å². The number of halogens is 3. The molecule has 0 atom stereocenters. The highest BCUT2D eigenvalue weighted by Crippen LogP contribution is 2.37. The van der Waals surface area contributed by atoms with E-state index in [0.29, 0.717) is 63.3 Å². The van der Waals surface area contributed by atoms with Crippen LogP contribution in [0.3, 0.4) is 0 Å². The highest BCUT2D eigenvalue weighted by Gasteiger charge is 2.36. The van der Waals surface area contributed by atoms with E-state index in [0.717, 1.165) is 18.9 Å². The maximum Gasteiger partial charge on any atom is 0.417 e. The van der Waals surface area contributed by atoms with Crippen molar-refractivity contribution in [3.05, 3.63) is 35.7 Å². The number of alkyl halides is 3. The molecular formula is C27H30F3N9O5. The third-order valence-corrected chi connectivity index (χ3v) is 6.28. The molecule has 44 heavy (non-hydrogen) atoms. The average molecular weight is 618 g/mol. The number of ether oxygens (including phenoxy) is 2. The van der Waals surface area contributed by atoms with Gasteiger partial charge in [0.25, 0.3) is 5.91 Å². The number of anilines is 2. The maximum absolute atomic E-state index is 14.1. The quantitative estimate of drug-likeness (QED) is 0.192. The van der Waals surface area contributed by atoms with Crippen LogP contribution in [0.15, 0.2) is 24.5 Å². The second-order valence-electron chi connectivity index (χ2n) is 9.35. The number of pyridine rings is 1. The molecule has 0 radical (unpaired) electrons. The first-order valence-corrected chi connectivity index (χ1v) is 13.4. The molecule has 234 valence electrons. The molecule has 1 saturated heterocycles. The molecule has 3 aromatic heterocycles. The maximum atomic E-state index is 14.1. The van der Waals surface area contributed by atoms with Gasteiger partial charge >= 0.3 is 12.3 Å². The summed E-state index contributed by atoms with van der Waals surface area (Å²) in [6.07, 6.45) is -3.14. The average Bonchev–Trinajstić information content (AvgIpc) is 3.42. The van der Waals surface area contributed by atoms with Gasteiger partial charge in [0.1, 0.15) is 11.3 Å². The molecule has 4 heterocycles. The summed E-state index contributed by atoms with van der Waals surface area (Å²) >= 11 is 0. The second-order valence-corrected chi connectivity index (χ2v) is 9.35. The van der Waals surface area contributed by atoms with Crippen molar-refractivity contribution in [3.63, 3.8) is 0 Å². The molecule has 1 fully saturated rings. The van der Waals surface area contributed by atoms with Gasteiger partial charge in [-0.2, -0.15) is 13.2 Å². The fourth-order valence-corrected chi connectivity index (χ4v) is 4.25. The molecule has 0 spiro atoms. The van der Waals surface area contributed by atoms with E-state index in [4.69, 9.17) is 4.74 Å². The van der Waals surface area contributed by atoms with E-state index in [1.807, 2.05) is 11.0 Å². The predicted molar refractivity (Wildman–Crippen MR) is 151 cm³/mol. The van der Waals surface area contributed by atoms with E-state index >= 15 is 0 Å². The van der Waals surface area contributed by atoms with Crippen molar-refractivity contribution in [1.82, 2.24) is 35.5 Å². The molecule has 0 aliphatic carbocycles. The minimum Gasteiger partial charge on any atom is -0.453 e. The summed E-state index contributed by atoms with van der Waals surface area (Å²) in [7, 11) is 1.08. The molecular weight excluding hydrogens is 587 g/mol. The fourth-order valence-electron chi connectivity index (χ4n) is 4.25. The van der Waals surface area contributed by atoms with E-state index < -0.39 is 23.7 Å². The second kappa shape index (κ2) is 14.5. The standard InChI is InChI=1S/C27H30F3N9O5/c1-3-4-22(40)34-15-23(41)32-6-5-31-13-17-11-20-25(38-7-9-44-10-8-38)36-24(37-39(20)16-17)18-14-33-21(35-26(42)43-2)12-19(18)27(28,29)30/h11-12,14,16,31H,5-10,13,15H2,1-2H3,(H,32,41)(H,34,40)(H,33,35,42). The number of morpholine rings is 1. The van der Waals surface area contributed by atoms with Crippen molar-refractivity contribution in [3.8, 4) is 23.2 Å². The lowest BCUT2D eigenvalue weighted by atomic mass is 10.1. The first-order chi connectivity index (χ1) is 21.1. The van der Waals surface area contributed by atoms with Crippen LogP contribution < -0.4 is 26.2 Å². The van der Waals surface area contributed by atoms with Gasteiger partial charge in [-0.15, -0.1) is 5.10 Å². The number of hydrogen-bond donors (Lipinski definition) is 4. The lowest BCUT2D eigenvalue weighted by Gasteiger charge is -2.28. The Hall–Kier alpha value is -4.95. The van der Waals surface area contributed by atoms with E-state index in [2.05, 4.69) is 52.9 Å². The first kappa shape index (κ1) is 32.0. The van der Waals surface area contributed by atoms with Crippen molar-refractivity contribution < 1.29 is 37.0 Å². The number of methoxy groups -OCH3 is 1. The number of carbonyl (C=O) groups excluding carboxylic acids is 3. The number of carbonyl (C=O) groups is 3. The SMILES string of the molecule is CC#CC(=O)NCC(=O)NCCNCc1cc2c(N3CCOCC3)nc(-c3cnc(NC(=O)OC)cc3C(F)(F)F)nn2c1. The van der Waals surface area contributed by atoms with Gasteiger partial charge in [0.15, 0.2) is 11.6 Å². The highest BCUT2D eigenvalue weighted by atomic mass is 19.4. The molecule has 1 aliphatic heterocycles. The number of nitrogens with one attached hydrogen (secondary N) is 4. The van der Waals surface area contributed by atoms with Crippen LogP contribution >= 0.6 is 0 Å². The third kappa shape index (κ3) is 8.33. The molecule has 14 nitrogen and oxygen atoms in total. The van der Waals surface area contributed by atoms with E-state index in [1.165, 1.54) is 11.4 Å². The Labute approximate surface area is 249 Å². The van der Waals surface area contributed by atoms with Gasteiger partial charge in [-0.1, -0.05) is 5.92 Å². The summed E-state index contributed by atoms with van der Waals surface area (Å²) in [6.45, 7) is 4.17. The summed E-state index contributed by atoms with van der Waals surface area (Å²) in [6, 6.07) is 2.53. The van der Waals surface area contributed by atoms with E-state index in [-0.39, 0.29) is 29.7 Å².